The van der Waals surface area contributed by atoms with Crippen LogP contribution in [0.15, 0.2) is 4.99 Å². The van der Waals surface area contributed by atoms with Gasteiger partial charge in [0.15, 0.2) is 0 Å². The molecule has 4 nitrogen and oxygen atoms in total. The summed E-state index contributed by atoms with van der Waals surface area (Å²) >= 11 is 0. The monoisotopic (exact) mass is 193 g/mol. The van der Waals surface area contributed by atoms with Crippen molar-refractivity contribution in [3.63, 3.8) is 0 Å². The van der Waals surface area contributed by atoms with Crippen molar-refractivity contribution >= 4 is 11.9 Å². The van der Waals surface area contributed by atoms with Gasteiger partial charge in [-0.2, -0.15) is 4.99 Å². The molecule has 2 N–H and O–H groups in total. The summed E-state index contributed by atoms with van der Waals surface area (Å²) in [7, 11) is 0. The van der Waals surface area contributed by atoms with E-state index in [2.05, 4.69) is 10.9 Å². The number of carbonyl (C=O) groups is 1. The van der Waals surface area contributed by atoms with Gasteiger partial charge >= 0.3 is 6.03 Å². The Morgan fingerprint density at radius 2 is 2.43 bits per heavy atom. The second kappa shape index (κ2) is 4.14. The maximum atomic E-state index is 11.4. The number of aliphatic imine (C=N–C) groups is 1. The van der Waals surface area contributed by atoms with Gasteiger partial charge in [0.1, 0.15) is 5.84 Å². The van der Waals surface area contributed by atoms with Gasteiger partial charge in [0.2, 0.25) is 0 Å². The fourth-order valence-electron chi connectivity index (χ4n) is 1.59. The minimum Gasteiger partial charge on any atom is -0.385 e. The molecule has 0 fully saturated rings. The molecule has 0 saturated carbocycles. The first-order valence-corrected chi connectivity index (χ1v) is 4.74. The summed E-state index contributed by atoms with van der Waals surface area (Å²) in [5.74, 6) is 2.91. The van der Waals surface area contributed by atoms with Crippen LogP contribution in [0.1, 0.15) is 26.7 Å². The molecular formula is C10H15N3O. The molecule has 2 unspecified atom stereocenters. The van der Waals surface area contributed by atoms with Gasteiger partial charge in [-0.15, -0.1) is 6.42 Å². The van der Waals surface area contributed by atoms with Crippen molar-refractivity contribution in [2.45, 2.75) is 38.8 Å². The molecule has 1 aliphatic heterocycles. The van der Waals surface area contributed by atoms with Crippen molar-refractivity contribution < 1.29 is 4.79 Å². The predicted molar refractivity (Wildman–Crippen MR) is 55.8 cm³/mol. The minimum absolute atomic E-state index is 0.112. The third-order valence-electron chi connectivity index (χ3n) is 2.34. The number of hydrogen-bond donors (Lipinski definition) is 1. The van der Waals surface area contributed by atoms with Crippen LogP contribution in [0.25, 0.3) is 0 Å². The Morgan fingerprint density at radius 3 is 2.93 bits per heavy atom. The van der Waals surface area contributed by atoms with E-state index in [9.17, 15) is 4.79 Å². The lowest BCUT2D eigenvalue weighted by Crippen LogP contribution is -2.44. The highest BCUT2D eigenvalue weighted by atomic mass is 16.2. The Balaban J connectivity index is 2.84. The topological polar surface area (TPSA) is 58.7 Å². The molecule has 1 aliphatic rings. The molecule has 0 bridgehead atoms. The normalized spacial score (nSPS) is 23.2. The van der Waals surface area contributed by atoms with E-state index in [0.717, 1.165) is 12.8 Å². The molecule has 14 heavy (non-hydrogen) atoms. The van der Waals surface area contributed by atoms with Gasteiger partial charge in [0, 0.05) is 0 Å². The number of terminal acetylenes is 1. The number of carbonyl (C=O) groups excluding carboxylic acids is 1. The average molecular weight is 193 g/mol. The first-order chi connectivity index (χ1) is 6.61. The summed E-state index contributed by atoms with van der Waals surface area (Å²) in [6.07, 6.45) is 7.04. The zero-order valence-electron chi connectivity index (χ0n) is 8.53. The Morgan fingerprint density at radius 1 is 1.79 bits per heavy atom. The third-order valence-corrected chi connectivity index (χ3v) is 2.34. The molecule has 0 spiro atoms. The van der Waals surface area contributed by atoms with Crippen LogP contribution >= 0.6 is 0 Å². The van der Waals surface area contributed by atoms with E-state index in [1.807, 2.05) is 6.92 Å². The van der Waals surface area contributed by atoms with E-state index in [1.54, 1.807) is 11.8 Å². The molecular weight excluding hydrogens is 178 g/mol. The average Bonchev–Trinajstić information content (AvgIpc) is 2.42. The van der Waals surface area contributed by atoms with Crippen molar-refractivity contribution in [2.24, 2.45) is 10.7 Å². The number of nitrogens with zero attached hydrogens (tertiary/aromatic N) is 2. The van der Waals surface area contributed by atoms with Gasteiger partial charge in [0.25, 0.3) is 0 Å². The number of amides is 2. The van der Waals surface area contributed by atoms with Crippen molar-refractivity contribution in [3.8, 4) is 12.3 Å². The van der Waals surface area contributed by atoms with E-state index in [1.165, 1.54) is 0 Å². The van der Waals surface area contributed by atoms with Crippen LogP contribution in [-0.4, -0.2) is 28.9 Å². The van der Waals surface area contributed by atoms with Gasteiger partial charge in [-0.3, -0.25) is 4.90 Å². The summed E-state index contributed by atoms with van der Waals surface area (Å²) in [6.45, 7) is 3.84. The summed E-state index contributed by atoms with van der Waals surface area (Å²) in [6, 6.07) is -0.672. The lowest BCUT2D eigenvalue weighted by Gasteiger charge is -2.26. The van der Waals surface area contributed by atoms with E-state index in [4.69, 9.17) is 12.2 Å². The van der Waals surface area contributed by atoms with Crippen LogP contribution in [0.3, 0.4) is 0 Å². The van der Waals surface area contributed by atoms with E-state index in [0.29, 0.717) is 5.84 Å². The number of urea groups is 1. The smallest absolute Gasteiger partial charge is 0.346 e. The molecule has 76 valence electrons. The van der Waals surface area contributed by atoms with Gasteiger partial charge in [0.05, 0.1) is 12.1 Å². The molecule has 0 aromatic heterocycles. The number of amidine groups is 1. The molecule has 1 heterocycles. The predicted octanol–water partition coefficient (Wildman–Crippen LogP) is 0.970. The number of hydrogen-bond acceptors (Lipinski definition) is 2. The maximum Gasteiger partial charge on any atom is 0.346 e. The fraction of sp³-hybridized carbons (Fsp3) is 0.600. The molecule has 2 amide bonds. The van der Waals surface area contributed by atoms with Crippen LogP contribution < -0.4 is 5.73 Å². The van der Waals surface area contributed by atoms with Gasteiger partial charge in [-0.05, 0) is 13.3 Å². The summed E-state index contributed by atoms with van der Waals surface area (Å²) in [5.41, 5.74) is 5.66. The second-order valence-electron chi connectivity index (χ2n) is 3.37. The summed E-state index contributed by atoms with van der Waals surface area (Å²) in [4.78, 5) is 16.7. The number of rotatable bonds is 3. The lowest BCUT2D eigenvalue weighted by molar-refractivity contribution is 0.196. The van der Waals surface area contributed by atoms with Crippen LogP contribution in [0.2, 0.25) is 0 Å². The quantitative estimate of drug-likeness (QED) is 0.679. The molecule has 0 aromatic carbocycles. The van der Waals surface area contributed by atoms with E-state index in [-0.39, 0.29) is 18.1 Å². The molecule has 0 saturated heterocycles. The van der Waals surface area contributed by atoms with Crippen molar-refractivity contribution in [1.82, 2.24) is 4.90 Å². The van der Waals surface area contributed by atoms with E-state index < -0.39 is 0 Å². The molecule has 0 aliphatic carbocycles. The van der Waals surface area contributed by atoms with Gasteiger partial charge < -0.3 is 5.73 Å². The van der Waals surface area contributed by atoms with Crippen molar-refractivity contribution in [1.29, 1.82) is 0 Å². The molecule has 4 heteroatoms. The summed E-state index contributed by atoms with van der Waals surface area (Å²) in [5, 5.41) is 0. The zero-order chi connectivity index (χ0) is 10.7. The Kier molecular flexibility index (Phi) is 3.13. The Bertz CT molecular complexity index is 303. The SMILES string of the molecule is C#CC(C)N1C(=O)N=C(N)C1CCC. The molecule has 0 radical (unpaired) electrons. The van der Waals surface area contributed by atoms with Crippen LogP contribution in [0.5, 0.6) is 0 Å². The third kappa shape index (κ3) is 1.72. The molecule has 0 aromatic rings. The standard InChI is InChI=1S/C10H15N3O/c1-4-6-8-9(11)12-10(14)13(8)7(3)5-2/h2,7-8H,4,6H2,1,3H3,(H2,11,12,14). The van der Waals surface area contributed by atoms with Crippen molar-refractivity contribution in [2.75, 3.05) is 0 Å². The highest BCUT2D eigenvalue weighted by molar-refractivity contribution is 6.03. The van der Waals surface area contributed by atoms with Crippen molar-refractivity contribution in [3.05, 3.63) is 0 Å². The fourth-order valence-corrected chi connectivity index (χ4v) is 1.59. The van der Waals surface area contributed by atoms with Gasteiger partial charge in [-0.25, -0.2) is 4.79 Å². The first-order valence-electron chi connectivity index (χ1n) is 4.74. The highest BCUT2D eigenvalue weighted by Gasteiger charge is 2.35. The lowest BCUT2D eigenvalue weighted by atomic mass is 10.1. The number of nitrogens with two attached hydrogens (primary N) is 1. The highest BCUT2D eigenvalue weighted by Crippen LogP contribution is 2.18. The van der Waals surface area contributed by atoms with Crippen LogP contribution in [-0.2, 0) is 0 Å². The van der Waals surface area contributed by atoms with Crippen LogP contribution in [0, 0.1) is 12.3 Å². The largest absolute Gasteiger partial charge is 0.385 e. The second-order valence-corrected chi connectivity index (χ2v) is 3.37. The van der Waals surface area contributed by atoms with Gasteiger partial charge in [-0.1, -0.05) is 19.3 Å². The Labute approximate surface area is 84.2 Å². The van der Waals surface area contributed by atoms with E-state index >= 15 is 0 Å². The Hall–Kier alpha value is -1.50. The molecule has 1 rings (SSSR count). The first kappa shape index (κ1) is 10.6. The summed E-state index contributed by atoms with van der Waals surface area (Å²) < 4.78 is 0. The van der Waals surface area contributed by atoms with Crippen LogP contribution in [0.4, 0.5) is 4.79 Å². The zero-order valence-corrected chi connectivity index (χ0v) is 8.53. The molecule has 2 atom stereocenters. The maximum absolute atomic E-state index is 11.4. The minimum atomic E-state index is -0.314.